The first-order chi connectivity index (χ1) is 15.6. The molecule has 4 aromatic carbocycles. The van der Waals surface area contributed by atoms with Gasteiger partial charge in [-0.3, -0.25) is 9.59 Å². The van der Waals surface area contributed by atoms with Crippen molar-refractivity contribution >= 4 is 11.8 Å². The minimum absolute atomic E-state index is 0.271. The van der Waals surface area contributed by atoms with Crippen LogP contribution in [0.3, 0.4) is 0 Å². The lowest BCUT2D eigenvalue weighted by molar-refractivity contribution is -0.137. The quantitative estimate of drug-likeness (QED) is 0.401. The van der Waals surface area contributed by atoms with Gasteiger partial charge in [0.2, 0.25) is 0 Å². The van der Waals surface area contributed by atoms with E-state index in [-0.39, 0.29) is 5.78 Å². The third-order valence-electron chi connectivity index (χ3n) is 4.93. The minimum atomic E-state index is -1.08. The van der Waals surface area contributed by atoms with E-state index in [0.29, 0.717) is 11.1 Å². The summed E-state index contributed by atoms with van der Waals surface area (Å²) >= 11 is 0. The second-order valence-corrected chi connectivity index (χ2v) is 7.14. The van der Waals surface area contributed by atoms with Crippen LogP contribution in [0.5, 0.6) is 0 Å². The molecule has 4 aromatic rings. The third kappa shape index (κ3) is 6.00. The SMILES string of the molecule is O=C(O)C(c1ccccc1)c1ccccc1.O=C(c1ccccc1)C(O)c1ccccc1. The Labute approximate surface area is 187 Å². The number of benzene rings is 4. The number of aliphatic carboxylic acids is 1. The molecule has 0 heterocycles. The summed E-state index contributed by atoms with van der Waals surface area (Å²) in [5, 5.41) is 19.2. The van der Waals surface area contributed by atoms with Gasteiger partial charge in [-0.25, -0.2) is 0 Å². The van der Waals surface area contributed by atoms with Crippen molar-refractivity contribution in [3.63, 3.8) is 0 Å². The fourth-order valence-corrected chi connectivity index (χ4v) is 3.32. The van der Waals surface area contributed by atoms with Crippen LogP contribution in [0.4, 0.5) is 0 Å². The van der Waals surface area contributed by atoms with Crippen LogP contribution in [0.2, 0.25) is 0 Å². The first kappa shape index (κ1) is 22.7. The number of carboxylic acids is 1. The van der Waals surface area contributed by atoms with E-state index in [4.69, 9.17) is 0 Å². The van der Waals surface area contributed by atoms with E-state index in [1.165, 1.54) is 0 Å². The maximum absolute atomic E-state index is 11.9. The zero-order chi connectivity index (χ0) is 22.8. The summed E-state index contributed by atoms with van der Waals surface area (Å²) in [4.78, 5) is 23.2. The molecule has 0 bridgehead atoms. The van der Waals surface area contributed by atoms with Crippen LogP contribution in [0.1, 0.15) is 39.1 Å². The smallest absolute Gasteiger partial charge is 0.315 e. The number of rotatable bonds is 6. The predicted molar refractivity (Wildman–Crippen MR) is 125 cm³/mol. The first-order valence-electron chi connectivity index (χ1n) is 10.2. The maximum Gasteiger partial charge on any atom is 0.315 e. The van der Waals surface area contributed by atoms with Gasteiger partial charge in [-0.2, -0.15) is 0 Å². The van der Waals surface area contributed by atoms with Crippen LogP contribution in [-0.2, 0) is 4.79 Å². The summed E-state index contributed by atoms with van der Waals surface area (Å²) < 4.78 is 0. The lowest BCUT2D eigenvalue weighted by atomic mass is 9.92. The van der Waals surface area contributed by atoms with Crippen LogP contribution < -0.4 is 0 Å². The molecule has 160 valence electrons. The van der Waals surface area contributed by atoms with Crippen molar-refractivity contribution in [2.24, 2.45) is 0 Å². The Morgan fingerprint density at radius 3 is 1.25 bits per heavy atom. The van der Waals surface area contributed by atoms with Crippen LogP contribution in [-0.4, -0.2) is 22.0 Å². The number of carbonyl (C=O) groups is 2. The summed E-state index contributed by atoms with van der Waals surface area (Å²) in [6.45, 7) is 0. The van der Waals surface area contributed by atoms with Gasteiger partial charge in [-0.1, -0.05) is 121 Å². The normalized spacial score (nSPS) is 11.2. The molecule has 0 aliphatic rings. The van der Waals surface area contributed by atoms with Crippen molar-refractivity contribution in [3.8, 4) is 0 Å². The molecule has 0 saturated carbocycles. The summed E-state index contributed by atoms with van der Waals surface area (Å²) in [5.41, 5.74) is 2.76. The van der Waals surface area contributed by atoms with Crippen molar-refractivity contribution < 1.29 is 19.8 Å². The van der Waals surface area contributed by atoms with Gasteiger partial charge < -0.3 is 10.2 Å². The molecular formula is C28H24O4. The van der Waals surface area contributed by atoms with E-state index in [0.717, 1.165) is 11.1 Å². The highest BCUT2D eigenvalue weighted by Gasteiger charge is 2.21. The lowest BCUT2D eigenvalue weighted by Gasteiger charge is -2.12. The van der Waals surface area contributed by atoms with Gasteiger partial charge in [0.15, 0.2) is 5.78 Å². The van der Waals surface area contributed by atoms with Crippen molar-refractivity contribution in [3.05, 3.63) is 144 Å². The molecule has 0 amide bonds. The van der Waals surface area contributed by atoms with Crippen molar-refractivity contribution in [1.29, 1.82) is 0 Å². The third-order valence-corrected chi connectivity index (χ3v) is 4.93. The van der Waals surface area contributed by atoms with Gasteiger partial charge in [0, 0.05) is 5.56 Å². The predicted octanol–water partition coefficient (Wildman–Crippen LogP) is 5.51. The second kappa shape index (κ2) is 11.4. The average molecular weight is 424 g/mol. The standard InChI is InChI=1S/2C14H12O2/c15-13(11-7-3-1-4-8-11)14(16)12-9-5-2-6-10-12;15-14(16)13(11-7-3-1-4-8-11)12-9-5-2-6-10-12/h1-10,13,15H;1-10,13H,(H,15,16). The Balaban J connectivity index is 0.000000181. The molecule has 0 aliphatic heterocycles. The first-order valence-corrected chi connectivity index (χ1v) is 10.2. The Bertz CT molecular complexity index is 1070. The number of carboxylic acid groups (broad SMARTS) is 1. The summed E-state index contributed by atoms with van der Waals surface area (Å²) in [7, 11) is 0. The van der Waals surface area contributed by atoms with E-state index in [2.05, 4.69) is 0 Å². The second-order valence-electron chi connectivity index (χ2n) is 7.14. The Morgan fingerprint density at radius 1 is 0.531 bits per heavy atom. The molecule has 0 saturated heterocycles. The molecule has 0 radical (unpaired) electrons. The van der Waals surface area contributed by atoms with Crippen molar-refractivity contribution in [1.82, 2.24) is 0 Å². The van der Waals surface area contributed by atoms with E-state index in [1.807, 2.05) is 72.8 Å². The summed E-state index contributed by atoms with van der Waals surface area (Å²) in [6.07, 6.45) is -1.08. The number of ketones is 1. The number of Topliss-reactive ketones (excluding diaryl/α,β-unsaturated/α-hetero) is 1. The molecule has 1 atom stereocenters. The fourth-order valence-electron chi connectivity index (χ4n) is 3.32. The molecule has 32 heavy (non-hydrogen) atoms. The number of aliphatic hydroxyl groups excluding tert-OH is 1. The molecule has 0 aliphatic carbocycles. The highest BCUT2D eigenvalue weighted by Crippen LogP contribution is 2.24. The topological polar surface area (TPSA) is 74.6 Å². The monoisotopic (exact) mass is 424 g/mol. The Hall–Kier alpha value is -4.02. The molecule has 4 rings (SSSR count). The molecule has 0 aromatic heterocycles. The molecular weight excluding hydrogens is 400 g/mol. The molecule has 0 fully saturated rings. The highest BCUT2D eigenvalue weighted by atomic mass is 16.4. The zero-order valence-corrected chi connectivity index (χ0v) is 17.4. The van der Waals surface area contributed by atoms with Gasteiger partial charge in [0.1, 0.15) is 12.0 Å². The molecule has 4 nitrogen and oxygen atoms in total. The lowest BCUT2D eigenvalue weighted by Crippen LogP contribution is -2.12. The average Bonchev–Trinajstić information content (AvgIpc) is 2.86. The van der Waals surface area contributed by atoms with Gasteiger partial charge in [0.05, 0.1) is 0 Å². The maximum atomic E-state index is 11.9. The molecule has 2 N–H and O–H groups in total. The van der Waals surface area contributed by atoms with Gasteiger partial charge in [-0.15, -0.1) is 0 Å². The van der Waals surface area contributed by atoms with E-state index in [1.54, 1.807) is 48.5 Å². The van der Waals surface area contributed by atoms with Crippen molar-refractivity contribution in [2.45, 2.75) is 12.0 Å². The van der Waals surface area contributed by atoms with E-state index in [9.17, 15) is 19.8 Å². The number of carbonyl (C=O) groups excluding carboxylic acids is 1. The highest BCUT2D eigenvalue weighted by molar-refractivity contribution is 5.99. The Morgan fingerprint density at radius 2 is 0.875 bits per heavy atom. The number of hydrogen-bond donors (Lipinski definition) is 2. The van der Waals surface area contributed by atoms with E-state index >= 15 is 0 Å². The zero-order valence-electron chi connectivity index (χ0n) is 17.4. The number of hydrogen-bond acceptors (Lipinski definition) is 3. The van der Waals surface area contributed by atoms with Gasteiger partial charge >= 0.3 is 5.97 Å². The van der Waals surface area contributed by atoms with Gasteiger partial charge in [-0.05, 0) is 16.7 Å². The molecule has 1 unspecified atom stereocenters. The molecule has 0 spiro atoms. The number of aliphatic hydroxyl groups is 1. The van der Waals surface area contributed by atoms with E-state index < -0.39 is 18.0 Å². The van der Waals surface area contributed by atoms with Crippen molar-refractivity contribution in [2.75, 3.05) is 0 Å². The largest absolute Gasteiger partial charge is 0.481 e. The van der Waals surface area contributed by atoms with Crippen LogP contribution in [0.15, 0.2) is 121 Å². The van der Waals surface area contributed by atoms with Gasteiger partial charge in [0.25, 0.3) is 0 Å². The fraction of sp³-hybridized carbons (Fsp3) is 0.0714. The summed E-state index contributed by atoms with van der Waals surface area (Å²) in [5.74, 6) is -1.67. The molecule has 4 heteroatoms. The minimum Gasteiger partial charge on any atom is -0.481 e. The van der Waals surface area contributed by atoms with Crippen LogP contribution in [0.25, 0.3) is 0 Å². The Kier molecular flexibility index (Phi) is 8.07. The van der Waals surface area contributed by atoms with Crippen LogP contribution >= 0.6 is 0 Å². The summed E-state index contributed by atoms with van der Waals surface area (Å²) in [6, 6.07) is 36.3. The van der Waals surface area contributed by atoms with Crippen LogP contribution in [0, 0.1) is 0 Å².